The van der Waals surface area contributed by atoms with Crippen LogP contribution in [0.15, 0.2) is 16.8 Å². The van der Waals surface area contributed by atoms with Crippen molar-refractivity contribution in [1.29, 1.82) is 0 Å². The summed E-state index contributed by atoms with van der Waals surface area (Å²) >= 11 is 1.69. The Bertz CT molecular complexity index is 378. The van der Waals surface area contributed by atoms with Crippen molar-refractivity contribution in [3.63, 3.8) is 0 Å². The zero-order valence-electron chi connectivity index (χ0n) is 10.0. The molecule has 0 saturated heterocycles. The summed E-state index contributed by atoms with van der Waals surface area (Å²) in [5.74, 6) is -0.251. The minimum atomic E-state index is -4.03. The van der Waals surface area contributed by atoms with Gasteiger partial charge in [-0.05, 0) is 54.7 Å². The molecule has 0 aliphatic carbocycles. The van der Waals surface area contributed by atoms with Crippen molar-refractivity contribution in [3.05, 3.63) is 22.4 Å². The summed E-state index contributed by atoms with van der Waals surface area (Å²) in [6, 6.07) is 2.09. The van der Waals surface area contributed by atoms with Gasteiger partial charge >= 0.3 is 18.9 Å². The monoisotopic (exact) mass is 269 g/mol. The molecule has 0 spiro atoms. The largest absolute Gasteiger partial charge is 1.00 e. The van der Waals surface area contributed by atoms with E-state index in [1.54, 1.807) is 11.3 Å². The summed E-state index contributed by atoms with van der Waals surface area (Å²) in [5.41, 5.74) is 1.32. The third-order valence-corrected chi connectivity index (χ3v) is 3.69. The van der Waals surface area contributed by atoms with E-state index >= 15 is 0 Å². The molecular formula is C10H16LiNO3S2. The molecule has 0 aliphatic rings. The first kappa shape index (κ1) is 17.2. The van der Waals surface area contributed by atoms with Gasteiger partial charge in [-0.2, -0.15) is 11.3 Å². The Morgan fingerprint density at radius 2 is 2.06 bits per heavy atom. The Morgan fingerprint density at radius 3 is 2.65 bits per heavy atom. The van der Waals surface area contributed by atoms with Crippen molar-refractivity contribution in [3.8, 4) is 0 Å². The van der Waals surface area contributed by atoms with Crippen LogP contribution in [0.5, 0.6) is 0 Å². The number of rotatable bonds is 8. The summed E-state index contributed by atoms with van der Waals surface area (Å²) in [6.45, 7) is 1.65. The Morgan fingerprint density at radius 1 is 1.29 bits per heavy atom. The van der Waals surface area contributed by atoms with Gasteiger partial charge in [0.05, 0.1) is 10.1 Å². The second-order valence-electron chi connectivity index (χ2n) is 3.60. The molecule has 0 aromatic carbocycles. The van der Waals surface area contributed by atoms with Gasteiger partial charge in [0.15, 0.2) is 0 Å². The van der Waals surface area contributed by atoms with Crippen LogP contribution in [0.4, 0.5) is 0 Å². The number of hydrogen-bond acceptors (Lipinski definition) is 5. The summed E-state index contributed by atoms with van der Waals surface area (Å²) in [4.78, 5) is 0. The van der Waals surface area contributed by atoms with Gasteiger partial charge in [0, 0.05) is 5.75 Å². The Labute approximate surface area is 119 Å². The van der Waals surface area contributed by atoms with Gasteiger partial charge in [0.25, 0.3) is 0 Å². The fourth-order valence-corrected chi connectivity index (χ4v) is 2.58. The second kappa shape index (κ2) is 9.14. The predicted octanol–water partition coefficient (Wildman–Crippen LogP) is -1.79. The second-order valence-corrected chi connectivity index (χ2v) is 5.90. The molecule has 7 heteroatoms. The minimum absolute atomic E-state index is 0. The maximum absolute atomic E-state index is 10.3. The Hall–Kier alpha value is 0.167. The molecule has 0 unspecified atom stereocenters. The predicted molar refractivity (Wildman–Crippen MR) is 64.7 cm³/mol. The van der Waals surface area contributed by atoms with E-state index in [0.717, 1.165) is 25.9 Å². The quantitative estimate of drug-likeness (QED) is 0.344. The summed E-state index contributed by atoms with van der Waals surface area (Å²) in [5, 5.41) is 7.38. The molecular weight excluding hydrogens is 253 g/mol. The first-order valence-corrected chi connectivity index (χ1v) is 7.75. The van der Waals surface area contributed by atoms with E-state index in [9.17, 15) is 13.0 Å². The van der Waals surface area contributed by atoms with Crippen LogP contribution in [-0.2, 0) is 16.5 Å². The molecule has 1 rings (SSSR count). The molecule has 0 atom stereocenters. The standard InChI is InChI=1S/C10H17NO3S2.Li/c12-16(13,14)8-2-1-5-11-6-3-10-4-7-15-9-10;/h4,7,9,11H,1-3,5-6,8H2,(H,12,13,14);/q;+1/p-1. The molecule has 1 heterocycles. The molecule has 0 amide bonds. The molecule has 0 aliphatic heterocycles. The molecule has 0 bridgehead atoms. The van der Waals surface area contributed by atoms with Gasteiger partial charge in [-0.15, -0.1) is 0 Å². The molecule has 1 N–H and O–H groups in total. The third kappa shape index (κ3) is 9.83. The van der Waals surface area contributed by atoms with Crippen LogP contribution in [0.25, 0.3) is 0 Å². The minimum Gasteiger partial charge on any atom is -0.748 e. The molecule has 1 aromatic rings. The normalized spacial score (nSPS) is 11.1. The zero-order valence-corrected chi connectivity index (χ0v) is 11.6. The zero-order chi connectivity index (χ0) is 11.9. The maximum Gasteiger partial charge on any atom is 1.00 e. The van der Waals surface area contributed by atoms with Crippen LogP contribution >= 0.6 is 11.3 Å². The molecule has 4 nitrogen and oxygen atoms in total. The van der Waals surface area contributed by atoms with Crippen LogP contribution in [0.3, 0.4) is 0 Å². The average Bonchev–Trinajstić information content (AvgIpc) is 2.67. The average molecular weight is 269 g/mol. The van der Waals surface area contributed by atoms with Crippen molar-refractivity contribution in [2.75, 3.05) is 18.8 Å². The fourth-order valence-electron chi connectivity index (χ4n) is 1.32. The molecule has 17 heavy (non-hydrogen) atoms. The van der Waals surface area contributed by atoms with Crippen LogP contribution in [-0.4, -0.2) is 31.8 Å². The van der Waals surface area contributed by atoms with Gasteiger partial charge in [0.1, 0.15) is 0 Å². The SMILES string of the molecule is O=S(=O)([O-])CCCCNCCc1ccsc1.[Li+]. The number of hydrogen-bond donors (Lipinski definition) is 1. The van der Waals surface area contributed by atoms with Crippen molar-refractivity contribution in [2.24, 2.45) is 0 Å². The van der Waals surface area contributed by atoms with Crippen LogP contribution in [0.1, 0.15) is 18.4 Å². The Balaban J connectivity index is 0.00000256. The van der Waals surface area contributed by atoms with E-state index in [1.165, 1.54) is 5.56 Å². The maximum atomic E-state index is 10.3. The van der Waals surface area contributed by atoms with Crippen molar-refractivity contribution in [2.45, 2.75) is 19.3 Å². The Kier molecular flexibility index (Phi) is 9.23. The van der Waals surface area contributed by atoms with E-state index in [2.05, 4.69) is 22.1 Å². The summed E-state index contributed by atoms with van der Waals surface area (Å²) < 4.78 is 30.9. The van der Waals surface area contributed by atoms with E-state index in [0.29, 0.717) is 6.42 Å². The van der Waals surface area contributed by atoms with Gasteiger partial charge in [-0.3, -0.25) is 0 Å². The molecule has 0 saturated carbocycles. The molecule has 0 fully saturated rings. The van der Waals surface area contributed by atoms with Crippen molar-refractivity contribution >= 4 is 21.5 Å². The van der Waals surface area contributed by atoms with E-state index in [-0.39, 0.29) is 24.6 Å². The summed E-state index contributed by atoms with van der Waals surface area (Å²) in [6.07, 6.45) is 2.16. The molecule has 1 aromatic heterocycles. The van der Waals surface area contributed by atoms with Crippen LogP contribution < -0.4 is 24.2 Å². The van der Waals surface area contributed by atoms with Crippen LogP contribution in [0.2, 0.25) is 0 Å². The smallest absolute Gasteiger partial charge is 0.748 e. The van der Waals surface area contributed by atoms with Gasteiger partial charge in [-0.1, -0.05) is 0 Å². The first-order valence-electron chi connectivity index (χ1n) is 5.23. The van der Waals surface area contributed by atoms with Crippen LogP contribution in [0, 0.1) is 0 Å². The number of unbranched alkanes of at least 4 members (excludes halogenated alkanes) is 1. The van der Waals surface area contributed by atoms with E-state index < -0.39 is 10.1 Å². The molecule has 92 valence electrons. The van der Waals surface area contributed by atoms with E-state index in [1.807, 2.05) is 0 Å². The third-order valence-electron chi connectivity index (χ3n) is 2.17. The fraction of sp³-hybridized carbons (Fsp3) is 0.600. The van der Waals surface area contributed by atoms with Gasteiger partial charge < -0.3 is 9.87 Å². The molecule has 0 radical (unpaired) electrons. The van der Waals surface area contributed by atoms with Crippen molar-refractivity contribution in [1.82, 2.24) is 5.32 Å². The van der Waals surface area contributed by atoms with Crippen molar-refractivity contribution < 1.29 is 31.8 Å². The number of thiophene rings is 1. The van der Waals surface area contributed by atoms with Gasteiger partial charge in [-0.25, -0.2) is 8.42 Å². The topological polar surface area (TPSA) is 69.2 Å². The number of nitrogens with one attached hydrogen (secondary N) is 1. The first-order chi connectivity index (χ1) is 7.58. The summed E-state index contributed by atoms with van der Waals surface area (Å²) in [7, 11) is -4.03. The van der Waals surface area contributed by atoms with Gasteiger partial charge in [0.2, 0.25) is 0 Å². The van der Waals surface area contributed by atoms with E-state index in [4.69, 9.17) is 0 Å².